The summed E-state index contributed by atoms with van der Waals surface area (Å²) in [5, 5.41) is 17.5. The number of ether oxygens (including phenoxy) is 1. The van der Waals surface area contributed by atoms with Crippen LogP contribution in [-0.4, -0.2) is 42.7 Å². The van der Waals surface area contributed by atoms with Gasteiger partial charge in [-0.05, 0) is 72.7 Å². The zero-order chi connectivity index (χ0) is 22.7. The highest BCUT2D eigenvalue weighted by molar-refractivity contribution is 9.10. The molecule has 2 aromatic heterocycles. The monoisotopic (exact) mass is 510 g/mol. The standard InChI is InChI=1S/C26H27BrN2O2S/c1-29(2)13-12-26(30,20-11-14-32-17-20)24(18-7-5-4-6-8-18)22-16-19-15-21(27)9-10-23(19)28-25(22)31-3/h4-11,14-17,24,30H,12-13H2,1-3H3. The molecule has 4 nitrogen and oxygen atoms in total. The van der Waals surface area contributed by atoms with Crippen LogP contribution in [0.25, 0.3) is 10.9 Å². The molecule has 2 atom stereocenters. The van der Waals surface area contributed by atoms with Crippen molar-refractivity contribution in [2.24, 2.45) is 0 Å². The van der Waals surface area contributed by atoms with Gasteiger partial charge in [-0.2, -0.15) is 11.3 Å². The smallest absolute Gasteiger partial charge is 0.217 e. The molecule has 0 aliphatic heterocycles. The van der Waals surface area contributed by atoms with E-state index < -0.39 is 5.60 Å². The zero-order valence-corrected chi connectivity index (χ0v) is 20.9. The lowest BCUT2D eigenvalue weighted by Gasteiger charge is -2.38. The van der Waals surface area contributed by atoms with Gasteiger partial charge >= 0.3 is 0 Å². The largest absolute Gasteiger partial charge is 0.481 e. The second kappa shape index (κ2) is 9.71. The second-order valence-corrected chi connectivity index (χ2v) is 9.95. The fourth-order valence-corrected chi connectivity index (χ4v) is 5.35. The van der Waals surface area contributed by atoms with Gasteiger partial charge in [0.15, 0.2) is 0 Å². The molecule has 6 heteroatoms. The number of rotatable bonds is 8. The van der Waals surface area contributed by atoms with Gasteiger partial charge < -0.3 is 14.7 Å². The van der Waals surface area contributed by atoms with Crippen LogP contribution in [0.5, 0.6) is 5.88 Å². The number of aliphatic hydroxyl groups is 1. The summed E-state index contributed by atoms with van der Waals surface area (Å²) in [4.78, 5) is 6.91. The minimum Gasteiger partial charge on any atom is -0.481 e. The van der Waals surface area contributed by atoms with Crippen molar-refractivity contribution in [2.75, 3.05) is 27.7 Å². The fourth-order valence-electron chi connectivity index (χ4n) is 4.23. The molecule has 0 bridgehead atoms. The maximum atomic E-state index is 12.4. The molecule has 0 fully saturated rings. The molecule has 1 N–H and O–H groups in total. The Morgan fingerprint density at radius 3 is 2.56 bits per heavy atom. The van der Waals surface area contributed by atoms with E-state index in [9.17, 15) is 5.11 Å². The summed E-state index contributed by atoms with van der Waals surface area (Å²) in [5.41, 5.74) is 2.52. The minimum absolute atomic E-state index is 0.357. The van der Waals surface area contributed by atoms with E-state index in [1.165, 1.54) is 0 Å². The van der Waals surface area contributed by atoms with Crippen LogP contribution in [0.2, 0.25) is 0 Å². The molecule has 0 saturated heterocycles. The topological polar surface area (TPSA) is 45.6 Å². The Labute approximate surface area is 201 Å². The van der Waals surface area contributed by atoms with Crippen molar-refractivity contribution < 1.29 is 9.84 Å². The summed E-state index contributed by atoms with van der Waals surface area (Å²) < 4.78 is 6.77. The highest BCUT2D eigenvalue weighted by Crippen LogP contribution is 2.47. The number of aromatic nitrogens is 1. The molecule has 4 aromatic rings. The Kier molecular flexibility index (Phi) is 6.96. The number of fused-ring (bicyclic) bond motifs is 1. The first-order chi connectivity index (χ1) is 15.4. The van der Waals surface area contributed by atoms with E-state index in [0.29, 0.717) is 12.3 Å². The Morgan fingerprint density at radius 2 is 1.91 bits per heavy atom. The number of thiophene rings is 1. The van der Waals surface area contributed by atoms with Crippen LogP contribution in [0.15, 0.2) is 75.9 Å². The van der Waals surface area contributed by atoms with Crippen LogP contribution in [0.1, 0.15) is 29.0 Å². The van der Waals surface area contributed by atoms with Gasteiger partial charge in [0.25, 0.3) is 0 Å². The van der Waals surface area contributed by atoms with Gasteiger partial charge in [-0.1, -0.05) is 46.3 Å². The van der Waals surface area contributed by atoms with Gasteiger partial charge in [0, 0.05) is 27.9 Å². The van der Waals surface area contributed by atoms with Crippen molar-refractivity contribution in [1.82, 2.24) is 9.88 Å². The summed E-state index contributed by atoms with van der Waals surface area (Å²) in [6.07, 6.45) is 0.565. The van der Waals surface area contributed by atoms with Crippen LogP contribution in [0, 0.1) is 0 Å². The minimum atomic E-state index is -1.14. The first-order valence-corrected chi connectivity index (χ1v) is 12.2. The van der Waals surface area contributed by atoms with Gasteiger partial charge in [-0.25, -0.2) is 4.98 Å². The van der Waals surface area contributed by atoms with E-state index in [2.05, 4.69) is 45.1 Å². The Bertz CT molecular complexity index is 1180. The van der Waals surface area contributed by atoms with E-state index >= 15 is 0 Å². The highest BCUT2D eigenvalue weighted by Gasteiger charge is 2.42. The number of hydrogen-bond acceptors (Lipinski definition) is 5. The average molecular weight is 511 g/mol. The van der Waals surface area contributed by atoms with Gasteiger partial charge in [0.1, 0.15) is 5.60 Å². The molecule has 2 heterocycles. The van der Waals surface area contributed by atoms with Crippen molar-refractivity contribution in [3.63, 3.8) is 0 Å². The Morgan fingerprint density at radius 1 is 1.12 bits per heavy atom. The normalized spacial score (nSPS) is 14.4. The van der Waals surface area contributed by atoms with Gasteiger partial charge in [0.05, 0.1) is 12.6 Å². The van der Waals surface area contributed by atoms with Gasteiger partial charge in [-0.15, -0.1) is 0 Å². The van der Waals surface area contributed by atoms with Crippen molar-refractivity contribution in [1.29, 1.82) is 0 Å². The summed E-state index contributed by atoms with van der Waals surface area (Å²) in [6, 6.07) is 20.3. The first kappa shape index (κ1) is 22.9. The SMILES string of the molecule is COc1nc2ccc(Br)cc2cc1C(c1ccccc1)C(O)(CCN(C)C)c1ccsc1. The van der Waals surface area contributed by atoms with Crippen LogP contribution in [-0.2, 0) is 5.60 Å². The molecule has 32 heavy (non-hydrogen) atoms. The molecule has 0 saturated carbocycles. The summed E-state index contributed by atoms with van der Waals surface area (Å²) >= 11 is 5.17. The third-order valence-electron chi connectivity index (χ3n) is 5.85. The maximum Gasteiger partial charge on any atom is 0.217 e. The molecule has 2 unspecified atom stereocenters. The van der Waals surface area contributed by atoms with E-state index in [1.54, 1.807) is 18.4 Å². The molecule has 166 valence electrons. The van der Waals surface area contributed by atoms with E-state index in [4.69, 9.17) is 9.72 Å². The number of benzene rings is 2. The van der Waals surface area contributed by atoms with Gasteiger partial charge in [-0.3, -0.25) is 0 Å². The van der Waals surface area contributed by atoms with Gasteiger partial charge in [0.2, 0.25) is 5.88 Å². The maximum absolute atomic E-state index is 12.4. The molecule has 0 spiro atoms. The Balaban J connectivity index is 1.99. The predicted octanol–water partition coefficient (Wildman–Crippen LogP) is 6.04. The van der Waals surface area contributed by atoms with Crippen LogP contribution >= 0.6 is 27.3 Å². The average Bonchev–Trinajstić information content (AvgIpc) is 3.34. The molecular weight excluding hydrogens is 484 g/mol. The molecule has 4 rings (SSSR count). The van der Waals surface area contributed by atoms with Crippen LogP contribution < -0.4 is 4.74 Å². The molecule has 0 radical (unpaired) electrons. The zero-order valence-electron chi connectivity index (χ0n) is 18.5. The lowest BCUT2D eigenvalue weighted by molar-refractivity contribution is 0.00420. The third kappa shape index (κ3) is 4.59. The quantitative estimate of drug-likeness (QED) is 0.313. The van der Waals surface area contributed by atoms with E-state index in [1.807, 2.05) is 61.3 Å². The molecule has 0 aliphatic rings. The lowest BCUT2D eigenvalue weighted by atomic mass is 9.72. The fraction of sp³-hybridized carbons (Fsp3) is 0.269. The molecule has 0 amide bonds. The third-order valence-corrected chi connectivity index (χ3v) is 7.02. The summed E-state index contributed by atoms with van der Waals surface area (Å²) in [7, 11) is 5.70. The molecular formula is C26H27BrN2O2S. The van der Waals surface area contributed by atoms with Crippen molar-refractivity contribution >= 4 is 38.2 Å². The summed E-state index contributed by atoms with van der Waals surface area (Å²) in [6.45, 7) is 0.741. The van der Waals surface area contributed by atoms with Crippen molar-refractivity contribution in [3.8, 4) is 5.88 Å². The summed E-state index contributed by atoms with van der Waals surface area (Å²) in [5.74, 6) is 0.177. The van der Waals surface area contributed by atoms with Crippen molar-refractivity contribution in [2.45, 2.75) is 17.9 Å². The second-order valence-electron chi connectivity index (χ2n) is 8.26. The van der Waals surface area contributed by atoms with E-state index in [-0.39, 0.29) is 5.92 Å². The number of hydrogen-bond donors (Lipinski definition) is 1. The highest BCUT2D eigenvalue weighted by atomic mass is 79.9. The number of methoxy groups -OCH3 is 1. The predicted molar refractivity (Wildman–Crippen MR) is 136 cm³/mol. The number of pyridine rings is 1. The Hall–Kier alpha value is -2.25. The van der Waals surface area contributed by atoms with Crippen LogP contribution in [0.4, 0.5) is 0 Å². The van der Waals surface area contributed by atoms with Crippen molar-refractivity contribution in [3.05, 3.63) is 92.6 Å². The van der Waals surface area contributed by atoms with Crippen LogP contribution in [0.3, 0.4) is 0 Å². The lowest BCUT2D eigenvalue weighted by Crippen LogP contribution is -2.37. The number of halogens is 1. The number of nitrogens with zero attached hydrogens (tertiary/aromatic N) is 2. The molecule has 0 aliphatic carbocycles. The first-order valence-electron chi connectivity index (χ1n) is 10.5. The van der Waals surface area contributed by atoms with E-state index in [0.717, 1.165) is 38.6 Å². The molecule has 2 aromatic carbocycles.